The van der Waals surface area contributed by atoms with Crippen LogP contribution in [0.1, 0.15) is 84.4 Å². The summed E-state index contributed by atoms with van der Waals surface area (Å²) in [5.74, 6) is 0.209. The lowest BCUT2D eigenvalue weighted by Crippen LogP contribution is -2.47. The van der Waals surface area contributed by atoms with E-state index in [1.807, 2.05) is 35.2 Å². The molecule has 1 aromatic heterocycles. The summed E-state index contributed by atoms with van der Waals surface area (Å²) in [6.45, 7) is 7.73. The maximum absolute atomic E-state index is 13.8. The number of aryl methyl sites for hydroxylation is 1. The molecule has 196 valence electrons. The van der Waals surface area contributed by atoms with E-state index in [0.29, 0.717) is 18.7 Å². The average Bonchev–Trinajstić information content (AvgIpc) is 3.39. The van der Waals surface area contributed by atoms with E-state index in [1.54, 1.807) is 16.2 Å². The van der Waals surface area contributed by atoms with E-state index in [-0.39, 0.29) is 30.3 Å². The van der Waals surface area contributed by atoms with E-state index in [4.69, 9.17) is 0 Å². The molecule has 2 aromatic carbocycles. The number of carbonyl (C=O) groups excluding carboxylic acids is 2. The van der Waals surface area contributed by atoms with E-state index in [1.165, 1.54) is 41.7 Å². The maximum Gasteiger partial charge on any atom is 0.254 e. The Kier molecular flexibility index (Phi) is 9.56. The Morgan fingerprint density at radius 2 is 1.76 bits per heavy atom. The van der Waals surface area contributed by atoms with Crippen LogP contribution in [-0.2, 0) is 17.6 Å². The van der Waals surface area contributed by atoms with Gasteiger partial charge in [-0.05, 0) is 65.4 Å². The van der Waals surface area contributed by atoms with E-state index in [9.17, 15) is 9.59 Å². The number of unbranched alkanes of at least 4 members (excludes halogenated alkanes) is 3. The van der Waals surface area contributed by atoms with Crippen molar-refractivity contribution in [3.63, 3.8) is 0 Å². The molecule has 1 aliphatic rings. The Bertz CT molecular complexity index is 1150. The second kappa shape index (κ2) is 13.0. The highest BCUT2D eigenvalue weighted by molar-refractivity contribution is 7.10. The van der Waals surface area contributed by atoms with Gasteiger partial charge in [0.15, 0.2) is 0 Å². The van der Waals surface area contributed by atoms with Crippen molar-refractivity contribution in [2.24, 2.45) is 5.92 Å². The maximum atomic E-state index is 13.8. The third kappa shape index (κ3) is 6.89. The van der Waals surface area contributed by atoms with Crippen molar-refractivity contribution in [3.05, 3.63) is 93.2 Å². The van der Waals surface area contributed by atoms with Crippen LogP contribution >= 0.6 is 11.3 Å². The summed E-state index contributed by atoms with van der Waals surface area (Å²) in [6.07, 6.45) is 6.83. The number of rotatable bonds is 11. The molecule has 0 saturated heterocycles. The molecule has 2 heterocycles. The molecule has 5 heteroatoms. The first-order chi connectivity index (χ1) is 18.0. The molecular formula is C32H40N2O2S. The molecule has 1 atom stereocenters. The van der Waals surface area contributed by atoms with E-state index >= 15 is 0 Å². The highest BCUT2D eigenvalue weighted by Crippen LogP contribution is 2.37. The van der Waals surface area contributed by atoms with Crippen LogP contribution in [0.4, 0.5) is 0 Å². The fraction of sp³-hybridized carbons (Fsp3) is 0.438. The summed E-state index contributed by atoms with van der Waals surface area (Å²) < 4.78 is 0. The molecule has 0 bridgehead atoms. The number of amides is 2. The standard InChI is InChI=1S/C32H40N2O2S/c1-4-5-6-8-11-25-14-16-27(17-15-25)32(36)33(22-24(2)3)23-30(35)34-20-18-29-28(19-21-37-29)31(34)26-12-9-7-10-13-26/h7,9-10,12-17,19,21,24,31H,4-6,8,11,18,20,22-23H2,1-3H3. The minimum Gasteiger partial charge on any atom is -0.330 e. The molecule has 0 radical (unpaired) electrons. The fourth-order valence-electron chi connectivity index (χ4n) is 5.25. The van der Waals surface area contributed by atoms with Gasteiger partial charge in [-0.2, -0.15) is 0 Å². The molecule has 0 spiro atoms. The quantitative estimate of drug-likeness (QED) is 0.254. The van der Waals surface area contributed by atoms with Crippen LogP contribution < -0.4 is 0 Å². The van der Waals surface area contributed by atoms with Crippen LogP contribution in [0.2, 0.25) is 0 Å². The van der Waals surface area contributed by atoms with Gasteiger partial charge in [0.2, 0.25) is 5.91 Å². The normalized spacial score (nSPS) is 15.0. The van der Waals surface area contributed by atoms with E-state index in [2.05, 4.69) is 56.5 Å². The van der Waals surface area contributed by atoms with Gasteiger partial charge in [0.1, 0.15) is 6.54 Å². The monoisotopic (exact) mass is 516 g/mol. The second-order valence-corrected chi connectivity index (χ2v) is 11.5. The van der Waals surface area contributed by atoms with Gasteiger partial charge in [-0.15, -0.1) is 11.3 Å². The van der Waals surface area contributed by atoms with Gasteiger partial charge in [-0.1, -0.05) is 82.5 Å². The Morgan fingerprint density at radius 3 is 2.46 bits per heavy atom. The highest BCUT2D eigenvalue weighted by atomic mass is 32.1. The number of nitrogens with zero attached hydrogens (tertiary/aromatic N) is 2. The Hall–Kier alpha value is -2.92. The molecular weight excluding hydrogens is 476 g/mol. The van der Waals surface area contributed by atoms with Crippen molar-refractivity contribution in [2.45, 2.75) is 65.3 Å². The summed E-state index contributed by atoms with van der Waals surface area (Å²) in [7, 11) is 0. The van der Waals surface area contributed by atoms with Crippen LogP contribution in [0, 0.1) is 5.92 Å². The zero-order chi connectivity index (χ0) is 26.2. The van der Waals surface area contributed by atoms with Crippen molar-refractivity contribution in [1.29, 1.82) is 0 Å². The van der Waals surface area contributed by atoms with Crippen molar-refractivity contribution < 1.29 is 9.59 Å². The number of benzene rings is 2. The summed E-state index contributed by atoms with van der Waals surface area (Å²) in [4.78, 5) is 32.4. The van der Waals surface area contributed by atoms with Crippen LogP contribution in [0.3, 0.4) is 0 Å². The smallest absolute Gasteiger partial charge is 0.254 e. The lowest BCUT2D eigenvalue weighted by atomic mass is 9.93. The zero-order valence-corrected chi connectivity index (χ0v) is 23.3. The first-order valence-corrected chi connectivity index (χ1v) is 14.6. The number of hydrogen-bond acceptors (Lipinski definition) is 3. The molecule has 4 nitrogen and oxygen atoms in total. The third-order valence-corrected chi connectivity index (χ3v) is 8.12. The van der Waals surface area contributed by atoms with Crippen molar-refractivity contribution >= 4 is 23.2 Å². The number of thiophene rings is 1. The summed E-state index contributed by atoms with van der Waals surface area (Å²) >= 11 is 1.77. The molecule has 4 rings (SSSR count). The van der Waals surface area contributed by atoms with Gasteiger partial charge in [0.05, 0.1) is 6.04 Å². The first kappa shape index (κ1) is 27.1. The summed E-state index contributed by atoms with van der Waals surface area (Å²) in [5, 5.41) is 2.12. The SMILES string of the molecule is CCCCCCc1ccc(C(=O)N(CC(=O)N2CCc3sccc3C2c2ccccc2)CC(C)C)cc1. The predicted molar refractivity (Wildman–Crippen MR) is 153 cm³/mol. The molecule has 0 aliphatic carbocycles. The van der Waals surface area contributed by atoms with Crippen molar-refractivity contribution in [3.8, 4) is 0 Å². The van der Waals surface area contributed by atoms with Crippen LogP contribution in [-0.4, -0.2) is 41.2 Å². The van der Waals surface area contributed by atoms with Crippen LogP contribution in [0.25, 0.3) is 0 Å². The third-order valence-electron chi connectivity index (χ3n) is 7.12. The average molecular weight is 517 g/mol. The lowest BCUT2D eigenvalue weighted by molar-refractivity contribution is -0.134. The van der Waals surface area contributed by atoms with Gasteiger partial charge >= 0.3 is 0 Å². The van der Waals surface area contributed by atoms with Crippen molar-refractivity contribution in [2.75, 3.05) is 19.6 Å². The van der Waals surface area contributed by atoms with Crippen molar-refractivity contribution in [1.82, 2.24) is 9.80 Å². The van der Waals surface area contributed by atoms with Gasteiger partial charge in [0.25, 0.3) is 5.91 Å². The van der Waals surface area contributed by atoms with E-state index < -0.39 is 0 Å². The van der Waals surface area contributed by atoms with Gasteiger partial charge in [0, 0.05) is 23.5 Å². The van der Waals surface area contributed by atoms with Gasteiger partial charge in [-0.25, -0.2) is 0 Å². The topological polar surface area (TPSA) is 40.6 Å². The number of fused-ring (bicyclic) bond motifs is 1. The number of hydrogen-bond donors (Lipinski definition) is 0. The Balaban J connectivity index is 1.50. The molecule has 1 aliphatic heterocycles. The molecule has 0 fully saturated rings. The van der Waals surface area contributed by atoms with Gasteiger partial charge < -0.3 is 9.80 Å². The minimum atomic E-state index is -0.105. The van der Waals surface area contributed by atoms with Gasteiger partial charge in [-0.3, -0.25) is 9.59 Å². The van der Waals surface area contributed by atoms with Crippen LogP contribution in [0.15, 0.2) is 66.0 Å². The fourth-order valence-corrected chi connectivity index (χ4v) is 6.15. The zero-order valence-electron chi connectivity index (χ0n) is 22.5. The number of carbonyl (C=O) groups is 2. The predicted octanol–water partition coefficient (Wildman–Crippen LogP) is 7.14. The molecule has 2 amide bonds. The minimum absolute atomic E-state index is 0.00671. The summed E-state index contributed by atoms with van der Waals surface area (Å²) in [5.41, 5.74) is 4.26. The lowest BCUT2D eigenvalue weighted by Gasteiger charge is -2.38. The first-order valence-electron chi connectivity index (χ1n) is 13.8. The molecule has 3 aromatic rings. The largest absolute Gasteiger partial charge is 0.330 e. The Morgan fingerprint density at radius 1 is 1.00 bits per heavy atom. The molecule has 0 N–H and O–H groups in total. The molecule has 37 heavy (non-hydrogen) atoms. The van der Waals surface area contributed by atoms with Crippen LogP contribution in [0.5, 0.6) is 0 Å². The Labute approximate surface area is 226 Å². The summed E-state index contributed by atoms with van der Waals surface area (Å²) in [6, 6.07) is 20.3. The highest BCUT2D eigenvalue weighted by Gasteiger charge is 2.34. The second-order valence-electron chi connectivity index (χ2n) is 10.5. The molecule has 1 unspecified atom stereocenters. The van der Waals surface area contributed by atoms with E-state index in [0.717, 1.165) is 18.4 Å². The molecule has 0 saturated carbocycles.